The van der Waals surface area contributed by atoms with Crippen molar-refractivity contribution in [1.29, 1.82) is 5.26 Å². The third-order valence-electron chi connectivity index (χ3n) is 0.871. The third kappa shape index (κ3) is 0.706. The lowest BCUT2D eigenvalue weighted by atomic mass is 10.4. The fraction of sp³-hybridized carbons (Fsp3) is 0.500. The van der Waals surface area contributed by atoms with Crippen molar-refractivity contribution in [3.63, 3.8) is 0 Å². The van der Waals surface area contributed by atoms with Gasteiger partial charge in [0.15, 0.2) is 0 Å². The maximum atomic E-state index is 10.2. The van der Waals surface area contributed by atoms with Crippen LogP contribution in [0.5, 0.6) is 0 Å². The topological polar surface area (TPSA) is 67.0 Å². The van der Waals surface area contributed by atoms with Crippen molar-refractivity contribution in [3.05, 3.63) is 0 Å². The zero-order valence-electron chi connectivity index (χ0n) is 4.09. The normalized spacial score (nSPS) is 25.9. The van der Waals surface area contributed by atoms with Crippen LogP contribution in [0.25, 0.3) is 0 Å². The van der Waals surface area contributed by atoms with Crippen molar-refractivity contribution in [1.82, 2.24) is 10.6 Å². The molecule has 0 aromatic heterocycles. The molecule has 4 heteroatoms. The molecule has 1 aliphatic heterocycles. The quantitative estimate of drug-likeness (QED) is 0.444. The van der Waals surface area contributed by atoms with Crippen molar-refractivity contribution in [3.8, 4) is 6.07 Å². The molecule has 1 rings (SSSR count). The zero-order chi connectivity index (χ0) is 5.98. The van der Waals surface area contributed by atoms with Crippen LogP contribution in [0.2, 0.25) is 0 Å². The second kappa shape index (κ2) is 1.70. The van der Waals surface area contributed by atoms with Crippen LogP contribution in [0.1, 0.15) is 0 Å². The van der Waals surface area contributed by atoms with Crippen LogP contribution < -0.4 is 10.6 Å². The molecule has 1 atom stereocenters. The molecule has 0 saturated carbocycles. The number of hydrogen-bond donors (Lipinski definition) is 1. The van der Waals surface area contributed by atoms with Crippen LogP contribution in [0.3, 0.4) is 0 Å². The number of carbonyl (C=O) groups excluding carboxylic acids is 1. The lowest BCUT2D eigenvalue weighted by Gasteiger charge is -1.89. The monoisotopic (exact) mass is 110 g/mol. The molecule has 8 heavy (non-hydrogen) atoms. The van der Waals surface area contributed by atoms with E-state index < -0.39 is 0 Å². The first kappa shape index (κ1) is 4.91. The minimum Gasteiger partial charge on any atom is -0.319 e. The van der Waals surface area contributed by atoms with Gasteiger partial charge in [0.1, 0.15) is 6.04 Å². The van der Waals surface area contributed by atoms with Gasteiger partial charge in [-0.1, -0.05) is 0 Å². The fourth-order valence-corrected chi connectivity index (χ4v) is 0.488. The molecule has 0 spiro atoms. The summed E-state index contributed by atoms with van der Waals surface area (Å²) in [6.45, 7) is 0.301. The number of amides is 2. The van der Waals surface area contributed by atoms with Crippen molar-refractivity contribution < 1.29 is 4.79 Å². The number of urea groups is 1. The molecule has 1 aliphatic rings. The van der Waals surface area contributed by atoms with E-state index in [0.29, 0.717) is 6.54 Å². The first-order valence-electron chi connectivity index (χ1n) is 2.20. The summed E-state index contributed by atoms with van der Waals surface area (Å²) >= 11 is 0. The predicted molar refractivity (Wildman–Crippen MR) is 24.9 cm³/mol. The highest BCUT2D eigenvalue weighted by Crippen LogP contribution is 1.87. The van der Waals surface area contributed by atoms with Crippen molar-refractivity contribution >= 4 is 6.03 Å². The second-order valence-electron chi connectivity index (χ2n) is 1.47. The van der Waals surface area contributed by atoms with E-state index in [1.54, 1.807) is 0 Å². The number of nitrogens with zero attached hydrogens (tertiary/aromatic N) is 2. The number of carbonyl (C=O) groups is 1. The average molecular weight is 110 g/mol. The lowest BCUT2D eigenvalue weighted by Crippen LogP contribution is -2.24. The molecule has 41 valence electrons. The molecule has 0 aromatic carbocycles. The van der Waals surface area contributed by atoms with Gasteiger partial charge in [0.2, 0.25) is 0 Å². The van der Waals surface area contributed by atoms with Gasteiger partial charge in [-0.05, 0) is 0 Å². The largest absolute Gasteiger partial charge is 0.337 e. The summed E-state index contributed by atoms with van der Waals surface area (Å²) in [5, 5.41) is 13.9. The summed E-state index contributed by atoms with van der Waals surface area (Å²) in [6, 6.07) is 1.10. The molecule has 1 N–H and O–H groups in total. The maximum absolute atomic E-state index is 10.2. The Morgan fingerprint density at radius 1 is 2.00 bits per heavy atom. The minimum atomic E-state index is -0.387. The van der Waals surface area contributed by atoms with E-state index in [-0.39, 0.29) is 12.1 Å². The first-order chi connectivity index (χ1) is 3.83. The number of rotatable bonds is 0. The van der Waals surface area contributed by atoms with E-state index in [1.807, 2.05) is 6.07 Å². The van der Waals surface area contributed by atoms with Crippen LogP contribution in [-0.4, -0.2) is 18.6 Å². The van der Waals surface area contributed by atoms with Crippen LogP contribution >= 0.6 is 0 Å². The molecule has 1 radical (unpaired) electrons. The summed E-state index contributed by atoms with van der Waals surface area (Å²) in [6.07, 6.45) is 0. The molecule has 0 bridgehead atoms. The molecule has 1 fully saturated rings. The molecule has 0 aliphatic carbocycles. The van der Waals surface area contributed by atoms with E-state index in [1.165, 1.54) is 0 Å². The highest BCUT2D eigenvalue weighted by Gasteiger charge is 2.19. The van der Waals surface area contributed by atoms with E-state index in [9.17, 15) is 4.79 Å². The van der Waals surface area contributed by atoms with E-state index in [0.717, 1.165) is 0 Å². The Morgan fingerprint density at radius 2 is 2.75 bits per heavy atom. The molecule has 0 aromatic rings. The molecule has 1 heterocycles. The summed E-state index contributed by atoms with van der Waals surface area (Å²) in [4.78, 5) is 10.2. The van der Waals surface area contributed by atoms with Gasteiger partial charge < -0.3 is 5.32 Å². The predicted octanol–water partition coefficient (Wildman–Crippen LogP) is -0.794. The summed E-state index contributed by atoms with van der Waals surface area (Å²) in [7, 11) is 0. The van der Waals surface area contributed by atoms with E-state index in [2.05, 4.69) is 10.6 Å². The van der Waals surface area contributed by atoms with Gasteiger partial charge in [0.05, 0.1) is 12.6 Å². The first-order valence-corrected chi connectivity index (χ1v) is 2.20. The van der Waals surface area contributed by atoms with Crippen LogP contribution in [0.15, 0.2) is 0 Å². The molecule has 2 amide bonds. The van der Waals surface area contributed by atoms with Gasteiger partial charge in [-0.15, -0.1) is 0 Å². The Morgan fingerprint density at radius 3 is 3.00 bits per heavy atom. The van der Waals surface area contributed by atoms with Crippen LogP contribution in [-0.2, 0) is 0 Å². The van der Waals surface area contributed by atoms with Gasteiger partial charge in [-0.2, -0.15) is 5.26 Å². The smallest absolute Gasteiger partial charge is 0.319 e. The molecule has 1 unspecified atom stereocenters. The molecule has 1 saturated heterocycles. The van der Waals surface area contributed by atoms with Crippen LogP contribution in [0.4, 0.5) is 4.79 Å². The maximum Gasteiger partial charge on any atom is 0.337 e. The molecular formula is C4H4N3O. The van der Waals surface area contributed by atoms with Crippen LogP contribution in [0, 0.1) is 11.3 Å². The summed E-state index contributed by atoms with van der Waals surface area (Å²) < 4.78 is 0. The molecule has 4 nitrogen and oxygen atoms in total. The standard InChI is InChI=1S/C4H4N3O/c5-1-3-2-6-4(8)7-3/h3H,2H2,(H,7,8). The Labute approximate surface area is 46.5 Å². The number of hydrogen-bond acceptors (Lipinski definition) is 2. The van der Waals surface area contributed by atoms with Gasteiger partial charge >= 0.3 is 6.03 Å². The van der Waals surface area contributed by atoms with Crippen molar-refractivity contribution in [2.75, 3.05) is 6.54 Å². The Hall–Kier alpha value is -1.24. The molecular weight excluding hydrogens is 106 g/mol. The Kier molecular flexibility index (Phi) is 1.04. The minimum absolute atomic E-state index is 0.301. The van der Waals surface area contributed by atoms with E-state index in [4.69, 9.17) is 5.26 Å². The van der Waals surface area contributed by atoms with Gasteiger partial charge in [-0.3, -0.25) is 0 Å². The summed E-state index contributed by atoms with van der Waals surface area (Å²) in [5.41, 5.74) is 0. The van der Waals surface area contributed by atoms with E-state index >= 15 is 0 Å². The van der Waals surface area contributed by atoms with Crippen molar-refractivity contribution in [2.45, 2.75) is 6.04 Å². The van der Waals surface area contributed by atoms with Gasteiger partial charge in [0.25, 0.3) is 0 Å². The summed E-state index contributed by atoms with van der Waals surface area (Å²) in [5.74, 6) is 0. The zero-order valence-corrected chi connectivity index (χ0v) is 4.09. The average Bonchev–Trinajstić information content (AvgIpc) is 2.14. The number of nitriles is 1. The highest BCUT2D eigenvalue weighted by molar-refractivity contribution is 5.76. The Bertz CT molecular complexity index is 148. The van der Waals surface area contributed by atoms with Crippen molar-refractivity contribution in [2.24, 2.45) is 0 Å². The highest BCUT2D eigenvalue weighted by atomic mass is 16.2. The number of nitrogens with one attached hydrogen (secondary N) is 1. The van der Waals surface area contributed by atoms with Gasteiger partial charge in [0, 0.05) is 0 Å². The Balaban J connectivity index is 2.47. The fourth-order valence-electron chi connectivity index (χ4n) is 0.488. The van der Waals surface area contributed by atoms with Gasteiger partial charge in [-0.25, -0.2) is 10.1 Å². The second-order valence-corrected chi connectivity index (χ2v) is 1.47. The lowest BCUT2D eigenvalue weighted by molar-refractivity contribution is 0.247. The third-order valence-corrected chi connectivity index (χ3v) is 0.871. The SMILES string of the molecule is N#CC1C[N]C(=O)N1.